The maximum atomic E-state index is 13.1. The quantitative estimate of drug-likeness (QED) is 0.595. The second kappa shape index (κ2) is 6.56. The Morgan fingerprint density at radius 3 is 2.78 bits per heavy atom. The summed E-state index contributed by atoms with van der Waals surface area (Å²) in [6.45, 7) is 0.239. The minimum absolute atomic E-state index is 0. The van der Waals surface area contributed by atoms with Gasteiger partial charge < -0.3 is 19.4 Å². The van der Waals surface area contributed by atoms with Gasteiger partial charge in [0.05, 0.1) is 13.7 Å². The zero-order chi connectivity index (χ0) is 22.0. The first-order valence-electron chi connectivity index (χ1n) is 10.5. The first kappa shape index (κ1) is 18.9. The molecule has 1 aliphatic carbocycles. The number of hydrogen-bond donors (Lipinski definition) is 2. The number of imide groups is 1. The van der Waals surface area contributed by atoms with Gasteiger partial charge >= 0.3 is 6.03 Å². The number of aromatic nitrogens is 1. The van der Waals surface area contributed by atoms with Gasteiger partial charge in [0.15, 0.2) is 11.1 Å². The number of carbonyl (C=O) groups is 3. The van der Waals surface area contributed by atoms with Gasteiger partial charge in [0.25, 0.3) is 11.8 Å². The zero-order valence-corrected chi connectivity index (χ0v) is 17.3. The van der Waals surface area contributed by atoms with Gasteiger partial charge in [0.2, 0.25) is 0 Å². The Morgan fingerprint density at radius 2 is 2.06 bits per heavy atom. The lowest BCUT2D eigenvalue weighted by atomic mass is 9.95. The van der Waals surface area contributed by atoms with Crippen LogP contribution in [0.2, 0.25) is 0 Å². The number of pyridine rings is 1. The van der Waals surface area contributed by atoms with Crippen LogP contribution in [-0.4, -0.2) is 41.4 Å². The van der Waals surface area contributed by atoms with Gasteiger partial charge in [-0.15, -0.1) is 0 Å². The Balaban J connectivity index is 0.00000137. The van der Waals surface area contributed by atoms with Crippen LogP contribution < -0.4 is 15.4 Å². The molecule has 3 aliphatic rings. The van der Waals surface area contributed by atoms with E-state index >= 15 is 0 Å². The smallest absolute Gasteiger partial charge is 0.322 e. The van der Waals surface area contributed by atoms with Crippen LogP contribution in [0.3, 0.4) is 0 Å². The summed E-state index contributed by atoms with van der Waals surface area (Å²) in [4.78, 5) is 44.4. The van der Waals surface area contributed by atoms with E-state index in [1.165, 1.54) is 12.0 Å². The summed E-state index contributed by atoms with van der Waals surface area (Å²) in [5.74, 6) is 0.495. The van der Waals surface area contributed by atoms with Gasteiger partial charge in [-0.2, -0.15) is 0 Å². The van der Waals surface area contributed by atoms with Gasteiger partial charge in [-0.05, 0) is 42.7 Å². The molecule has 166 valence electrons. The van der Waals surface area contributed by atoms with Crippen LogP contribution in [0.15, 0.2) is 40.8 Å². The number of furan rings is 1. The number of nitrogens with zero attached hydrogens (tertiary/aromatic N) is 2. The average Bonchev–Trinajstić information content (AvgIpc) is 3.39. The number of nitrogens with one attached hydrogen (secondary N) is 2. The normalized spacial score (nSPS) is 22.3. The maximum absolute atomic E-state index is 13.1. The van der Waals surface area contributed by atoms with Crippen molar-refractivity contribution < 1.29 is 26.4 Å². The first-order chi connectivity index (χ1) is 15.5. The van der Waals surface area contributed by atoms with Crippen molar-refractivity contribution in [2.45, 2.75) is 30.8 Å². The van der Waals surface area contributed by atoms with Crippen molar-refractivity contribution in [1.82, 2.24) is 20.5 Å². The molecule has 1 saturated heterocycles. The Kier molecular flexibility index (Phi) is 3.86. The van der Waals surface area contributed by atoms with Crippen LogP contribution >= 0.6 is 0 Å². The van der Waals surface area contributed by atoms with Crippen molar-refractivity contribution in [1.29, 1.82) is 0 Å². The third-order valence-electron chi connectivity index (χ3n) is 6.38. The molecule has 4 amide bonds. The molecule has 0 spiro atoms. The Morgan fingerprint density at radius 1 is 1.22 bits per heavy atom. The molecule has 0 unspecified atom stereocenters. The van der Waals surface area contributed by atoms with Crippen molar-refractivity contribution in [3.63, 3.8) is 0 Å². The van der Waals surface area contributed by atoms with Crippen LogP contribution in [-0.2, 0) is 16.9 Å². The number of fused-ring (bicyclic) bond motifs is 2. The molecule has 9 heteroatoms. The lowest BCUT2D eigenvalue weighted by Gasteiger charge is -2.28. The van der Waals surface area contributed by atoms with E-state index in [0.717, 1.165) is 24.1 Å². The molecule has 2 aromatic heterocycles. The molecule has 0 bridgehead atoms. The molecule has 2 aliphatic heterocycles. The molecule has 4 heterocycles. The molecular weight excluding hydrogens is 412 g/mol. The molecule has 1 atom stereocenters. The third kappa shape index (κ3) is 2.77. The highest BCUT2D eigenvalue weighted by Crippen LogP contribution is 2.40. The fraction of sp³-hybridized carbons (Fsp3) is 0.304. The SMILES string of the molecule is COc1ccc2c(c1)C(=O)N(C[C@@]1(c3cc4nc(C5CC5)ccc4o3)NC(=O)NC1=O)C2.[HH].[HH]. The summed E-state index contributed by atoms with van der Waals surface area (Å²) in [6.07, 6.45) is 2.24. The van der Waals surface area contributed by atoms with E-state index in [1.807, 2.05) is 18.2 Å². The van der Waals surface area contributed by atoms with Gasteiger partial charge in [0, 0.05) is 32.6 Å². The lowest BCUT2D eigenvalue weighted by molar-refractivity contribution is -0.125. The highest BCUT2D eigenvalue weighted by Gasteiger charge is 2.53. The molecule has 6 rings (SSSR count). The number of carbonyl (C=O) groups excluding carboxylic acids is 3. The summed E-state index contributed by atoms with van der Waals surface area (Å²) in [6, 6.07) is 10.1. The monoisotopic (exact) mass is 436 g/mol. The number of amides is 4. The number of ether oxygens (including phenoxy) is 1. The summed E-state index contributed by atoms with van der Waals surface area (Å²) >= 11 is 0. The molecule has 3 aromatic rings. The standard InChI is InChI=1S/C23H20N4O5.2H2/c1-31-14-5-4-13-10-27(20(28)15(13)8-14)11-23(21(29)25-22(30)26-23)19-9-17-18(32-19)7-6-16(24-17)12-2-3-12;;/h4-9,12H,2-3,10-11H2,1H3,(H2,25,26,29,30);2*1H/t23-;;/m0../s1. The van der Waals surface area contributed by atoms with Gasteiger partial charge in [-0.1, -0.05) is 6.07 Å². The van der Waals surface area contributed by atoms with E-state index in [9.17, 15) is 14.4 Å². The van der Waals surface area contributed by atoms with E-state index in [-0.39, 0.29) is 21.1 Å². The number of methoxy groups -OCH3 is 1. The minimum Gasteiger partial charge on any atom is -0.497 e. The van der Waals surface area contributed by atoms with E-state index in [4.69, 9.17) is 9.15 Å². The van der Waals surface area contributed by atoms with Crippen LogP contribution in [0.25, 0.3) is 11.1 Å². The second-order valence-corrected chi connectivity index (χ2v) is 8.50. The molecule has 2 fully saturated rings. The summed E-state index contributed by atoms with van der Waals surface area (Å²) in [5.41, 5.74) is 1.95. The van der Waals surface area contributed by atoms with E-state index in [2.05, 4.69) is 15.6 Å². The largest absolute Gasteiger partial charge is 0.497 e. The van der Waals surface area contributed by atoms with Crippen LogP contribution in [0, 0.1) is 0 Å². The van der Waals surface area contributed by atoms with Gasteiger partial charge in [-0.3, -0.25) is 14.9 Å². The second-order valence-electron chi connectivity index (χ2n) is 8.50. The predicted molar refractivity (Wildman–Crippen MR) is 116 cm³/mol. The highest BCUT2D eigenvalue weighted by molar-refractivity contribution is 6.08. The van der Waals surface area contributed by atoms with Crippen LogP contribution in [0.1, 0.15) is 49.0 Å². The highest BCUT2D eigenvalue weighted by atomic mass is 16.5. The topological polar surface area (TPSA) is 114 Å². The number of hydrogen-bond acceptors (Lipinski definition) is 6. The Bertz CT molecular complexity index is 1320. The van der Waals surface area contributed by atoms with Crippen LogP contribution in [0.5, 0.6) is 5.75 Å². The molecule has 2 N–H and O–H groups in total. The van der Waals surface area contributed by atoms with E-state index < -0.39 is 17.5 Å². The lowest BCUT2D eigenvalue weighted by Crippen LogP contribution is -2.52. The van der Waals surface area contributed by atoms with Crippen molar-refractivity contribution in [2.24, 2.45) is 0 Å². The molecular formula is C23H24N4O5. The number of urea groups is 1. The summed E-state index contributed by atoms with van der Waals surface area (Å²) < 4.78 is 11.2. The van der Waals surface area contributed by atoms with Gasteiger partial charge in [0.1, 0.15) is 17.0 Å². The van der Waals surface area contributed by atoms with Crippen LogP contribution in [0.4, 0.5) is 4.79 Å². The number of rotatable bonds is 5. The molecule has 32 heavy (non-hydrogen) atoms. The van der Waals surface area contributed by atoms with Crippen molar-refractivity contribution in [3.05, 3.63) is 59.0 Å². The van der Waals surface area contributed by atoms with Crippen molar-refractivity contribution >= 4 is 28.9 Å². The Hall–Kier alpha value is -3.88. The predicted octanol–water partition coefficient (Wildman–Crippen LogP) is 2.90. The maximum Gasteiger partial charge on any atom is 0.322 e. The summed E-state index contributed by atoms with van der Waals surface area (Å²) in [7, 11) is 1.54. The van der Waals surface area contributed by atoms with Gasteiger partial charge in [-0.25, -0.2) is 9.78 Å². The average molecular weight is 436 g/mol. The molecule has 0 radical (unpaired) electrons. The minimum atomic E-state index is -1.54. The Labute approximate surface area is 185 Å². The van der Waals surface area contributed by atoms with E-state index in [1.54, 1.807) is 18.2 Å². The summed E-state index contributed by atoms with van der Waals surface area (Å²) in [5, 5.41) is 4.99. The fourth-order valence-electron chi connectivity index (χ4n) is 4.49. The zero-order valence-electron chi connectivity index (χ0n) is 17.3. The third-order valence-corrected chi connectivity index (χ3v) is 6.38. The molecule has 1 aromatic carbocycles. The number of benzene rings is 1. The van der Waals surface area contributed by atoms with Crippen molar-refractivity contribution in [2.75, 3.05) is 13.7 Å². The molecule has 9 nitrogen and oxygen atoms in total. The van der Waals surface area contributed by atoms with Crippen molar-refractivity contribution in [3.8, 4) is 5.75 Å². The molecule has 1 saturated carbocycles. The first-order valence-corrected chi connectivity index (χ1v) is 10.5. The fourth-order valence-corrected chi connectivity index (χ4v) is 4.49. The van der Waals surface area contributed by atoms with E-state index in [0.29, 0.717) is 34.9 Å².